The van der Waals surface area contributed by atoms with Crippen molar-refractivity contribution in [1.82, 2.24) is 19.8 Å². The Hall–Kier alpha value is -2.79. The summed E-state index contributed by atoms with van der Waals surface area (Å²) in [6.07, 6.45) is 8.08. The molecule has 0 saturated carbocycles. The molecule has 4 heterocycles. The van der Waals surface area contributed by atoms with Gasteiger partial charge in [0.05, 0.1) is 31.0 Å². The Labute approximate surface area is 163 Å². The number of carbonyl (C=O) groups is 1. The van der Waals surface area contributed by atoms with E-state index >= 15 is 0 Å². The number of amides is 1. The third-order valence-corrected chi connectivity index (χ3v) is 5.59. The van der Waals surface area contributed by atoms with E-state index in [2.05, 4.69) is 20.2 Å². The van der Waals surface area contributed by atoms with E-state index in [4.69, 9.17) is 5.26 Å². The molecule has 2 aliphatic rings. The van der Waals surface area contributed by atoms with Crippen molar-refractivity contribution in [2.75, 3.05) is 31.5 Å². The van der Waals surface area contributed by atoms with E-state index < -0.39 is 12.2 Å². The van der Waals surface area contributed by atoms with E-state index in [1.807, 2.05) is 30.7 Å². The molecule has 2 atom stereocenters. The highest BCUT2D eigenvalue weighted by atomic mass is 19.1. The smallest absolute Gasteiger partial charge is 0.237 e. The summed E-state index contributed by atoms with van der Waals surface area (Å²) < 4.78 is 13.5. The number of aromatic nitrogens is 2. The maximum atomic E-state index is 13.5. The van der Waals surface area contributed by atoms with Crippen molar-refractivity contribution in [3.63, 3.8) is 0 Å². The predicted molar refractivity (Wildman–Crippen MR) is 103 cm³/mol. The van der Waals surface area contributed by atoms with Crippen molar-refractivity contribution in [2.45, 2.75) is 37.5 Å². The summed E-state index contributed by atoms with van der Waals surface area (Å²) in [6, 6.07) is 3.65. The quantitative estimate of drug-likeness (QED) is 0.870. The molecule has 0 bridgehead atoms. The van der Waals surface area contributed by atoms with Crippen LogP contribution in [-0.2, 0) is 4.79 Å². The number of halogens is 1. The van der Waals surface area contributed by atoms with Crippen molar-refractivity contribution < 1.29 is 9.18 Å². The van der Waals surface area contributed by atoms with Gasteiger partial charge in [0.1, 0.15) is 12.2 Å². The second kappa shape index (κ2) is 8.07. The van der Waals surface area contributed by atoms with Crippen LogP contribution in [0.5, 0.6) is 0 Å². The summed E-state index contributed by atoms with van der Waals surface area (Å²) >= 11 is 0. The first kappa shape index (κ1) is 18.6. The zero-order valence-corrected chi connectivity index (χ0v) is 15.6. The topological polar surface area (TPSA) is 85.2 Å². The molecule has 28 heavy (non-hydrogen) atoms. The minimum absolute atomic E-state index is 0.0389. The van der Waals surface area contributed by atoms with E-state index in [1.165, 1.54) is 4.90 Å². The van der Waals surface area contributed by atoms with Crippen LogP contribution in [0.1, 0.15) is 19.3 Å². The number of carbonyl (C=O) groups excluding carboxylic acids is 1. The van der Waals surface area contributed by atoms with Crippen LogP contribution in [0.2, 0.25) is 0 Å². The maximum Gasteiger partial charge on any atom is 0.237 e. The number of likely N-dealkylation sites (tertiary alicyclic amines) is 2. The summed E-state index contributed by atoms with van der Waals surface area (Å²) in [5, 5.41) is 14.8. The lowest BCUT2D eigenvalue weighted by molar-refractivity contribution is -0.132. The number of alkyl halides is 1. The van der Waals surface area contributed by atoms with Gasteiger partial charge >= 0.3 is 0 Å². The number of nitrogens with one attached hydrogen (secondary N) is 1. The van der Waals surface area contributed by atoms with Gasteiger partial charge in [0.2, 0.25) is 5.91 Å². The molecule has 2 aromatic rings. The number of nitriles is 1. The maximum absolute atomic E-state index is 13.5. The molecule has 8 heteroatoms. The van der Waals surface area contributed by atoms with Crippen LogP contribution in [0.15, 0.2) is 30.9 Å². The fourth-order valence-electron chi connectivity index (χ4n) is 4.04. The van der Waals surface area contributed by atoms with Gasteiger partial charge in [0.15, 0.2) is 0 Å². The predicted octanol–water partition coefficient (Wildman–Crippen LogP) is 1.97. The van der Waals surface area contributed by atoms with E-state index in [1.54, 1.807) is 6.20 Å². The molecular formula is C20H23FN6O. The Balaban J connectivity index is 1.31. The Bertz CT molecular complexity index is 886. The SMILES string of the molecule is N#C[C@@H]1C[C@H](F)CN1C(=O)CN1CCC(Nc2cncc3ccncc23)CC1. The fourth-order valence-corrected chi connectivity index (χ4v) is 4.04. The van der Waals surface area contributed by atoms with Gasteiger partial charge in [0.25, 0.3) is 0 Å². The molecule has 1 amide bonds. The van der Waals surface area contributed by atoms with Gasteiger partial charge in [-0.1, -0.05) is 0 Å². The first-order chi connectivity index (χ1) is 13.6. The lowest BCUT2D eigenvalue weighted by atomic mass is 10.0. The van der Waals surface area contributed by atoms with Crippen LogP contribution >= 0.6 is 0 Å². The normalized spacial score (nSPS) is 23.6. The summed E-state index contributed by atoms with van der Waals surface area (Å²) in [5.74, 6) is -0.151. The van der Waals surface area contributed by atoms with Crippen molar-refractivity contribution in [1.29, 1.82) is 5.26 Å². The van der Waals surface area contributed by atoms with Gasteiger partial charge in [-0.2, -0.15) is 5.26 Å². The molecular weight excluding hydrogens is 359 g/mol. The lowest BCUT2D eigenvalue weighted by Gasteiger charge is -2.33. The number of rotatable bonds is 4. The van der Waals surface area contributed by atoms with Gasteiger partial charge < -0.3 is 10.2 Å². The lowest BCUT2D eigenvalue weighted by Crippen LogP contribution is -2.46. The Morgan fingerprint density at radius 3 is 2.89 bits per heavy atom. The van der Waals surface area contributed by atoms with Crippen LogP contribution in [0.4, 0.5) is 10.1 Å². The van der Waals surface area contributed by atoms with Gasteiger partial charge in [0, 0.05) is 54.9 Å². The number of fused-ring (bicyclic) bond motifs is 1. The summed E-state index contributed by atoms with van der Waals surface area (Å²) in [7, 11) is 0. The highest BCUT2D eigenvalue weighted by molar-refractivity contribution is 5.92. The largest absolute Gasteiger partial charge is 0.380 e. The highest BCUT2D eigenvalue weighted by Crippen LogP contribution is 2.24. The highest BCUT2D eigenvalue weighted by Gasteiger charge is 2.36. The van der Waals surface area contributed by atoms with Crippen molar-refractivity contribution >= 4 is 22.4 Å². The van der Waals surface area contributed by atoms with Crippen LogP contribution < -0.4 is 5.32 Å². The molecule has 1 N–H and O–H groups in total. The van der Waals surface area contributed by atoms with Gasteiger partial charge in [-0.15, -0.1) is 0 Å². The number of pyridine rings is 2. The third-order valence-electron chi connectivity index (χ3n) is 5.59. The van der Waals surface area contributed by atoms with Crippen molar-refractivity contribution in [2.24, 2.45) is 0 Å². The molecule has 2 saturated heterocycles. The number of anilines is 1. The average molecular weight is 382 g/mol. The van der Waals surface area contributed by atoms with Gasteiger partial charge in [-0.05, 0) is 18.9 Å². The first-order valence-electron chi connectivity index (χ1n) is 9.64. The zero-order valence-electron chi connectivity index (χ0n) is 15.6. The minimum Gasteiger partial charge on any atom is -0.380 e. The van der Waals surface area contributed by atoms with Crippen LogP contribution in [0, 0.1) is 11.3 Å². The zero-order chi connectivity index (χ0) is 19.5. The molecule has 0 spiro atoms. The Morgan fingerprint density at radius 2 is 2.11 bits per heavy atom. The molecule has 0 radical (unpaired) electrons. The fraction of sp³-hybridized carbons (Fsp3) is 0.500. The van der Waals surface area contributed by atoms with E-state index in [-0.39, 0.29) is 25.4 Å². The second-order valence-electron chi connectivity index (χ2n) is 7.50. The molecule has 2 aromatic heterocycles. The van der Waals surface area contributed by atoms with Crippen molar-refractivity contribution in [3.05, 3.63) is 30.9 Å². The monoisotopic (exact) mass is 382 g/mol. The van der Waals surface area contributed by atoms with Gasteiger partial charge in [-0.25, -0.2) is 4.39 Å². The summed E-state index contributed by atoms with van der Waals surface area (Å²) in [6.45, 7) is 1.85. The molecule has 0 aromatic carbocycles. The molecule has 0 unspecified atom stereocenters. The second-order valence-corrected chi connectivity index (χ2v) is 7.50. The van der Waals surface area contributed by atoms with Crippen molar-refractivity contribution in [3.8, 4) is 6.07 Å². The summed E-state index contributed by atoms with van der Waals surface area (Å²) in [5.41, 5.74) is 0.975. The molecule has 146 valence electrons. The van der Waals surface area contributed by atoms with Crippen LogP contribution in [-0.4, -0.2) is 70.1 Å². The number of piperidine rings is 1. The minimum atomic E-state index is -1.09. The molecule has 0 aliphatic carbocycles. The number of hydrogen-bond donors (Lipinski definition) is 1. The van der Waals surface area contributed by atoms with Crippen LogP contribution in [0.25, 0.3) is 10.8 Å². The molecule has 2 fully saturated rings. The standard InChI is InChI=1S/C20H23FN6O/c21-15-7-17(8-22)27(12-15)20(28)13-26-5-2-16(3-6-26)25-19-11-24-9-14-1-4-23-10-18(14)19/h1,4,9-11,15-17,25H,2-3,5-7,12-13H2/t15-,17-/m0/s1. The van der Waals surface area contributed by atoms with Crippen LogP contribution in [0.3, 0.4) is 0 Å². The molecule has 4 rings (SSSR count). The van der Waals surface area contributed by atoms with E-state index in [0.717, 1.165) is 42.4 Å². The first-order valence-corrected chi connectivity index (χ1v) is 9.64. The van der Waals surface area contributed by atoms with E-state index in [9.17, 15) is 9.18 Å². The Morgan fingerprint density at radius 1 is 1.29 bits per heavy atom. The van der Waals surface area contributed by atoms with Gasteiger partial charge in [-0.3, -0.25) is 19.7 Å². The Kier molecular flexibility index (Phi) is 5.35. The third kappa shape index (κ3) is 3.90. The molecule has 7 nitrogen and oxygen atoms in total. The average Bonchev–Trinajstić information content (AvgIpc) is 3.11. The van der Waals surface area contributed by atoms with E-state index in [0.29, 0.717) is 6.04 Å². The summed E-state index contributed by atoms with van der Waals surface area (Å²) in [4.78, 5) is 24.5. The number of nitrogens with zero attached hydrogens (tertiary/aromatic N) is 5. The molecule has 2 aliphatic heterocycles. The number of hydrogen-bond acceptors (Lipinski definition) is 6.